The standard InChI is InChI=1S/C25H22FNO4/c26-17-7-5-6-16(12-17)13-18(14-24(28)29)27-25(30)31-15-23-21-10-3-1-8-19(21)20-9-2-4-11-22(20)23/h1-12,18,23H,13-15H2,(H,27,30)(H,28,29)/p-1/t18-/m1/s1. The second kappa shape index (κ2) is 9.00. The summed E-state index contributed by atoms with van der Waals surface area (Å²) < 4.78 is 18.9. The van der Waals surface area contributed by atoms with Gasteiger partial charge in [-0.05, 0) is 46.4 Å². The second-order valence-corrected chi connectivity index (χ2v) is 7.58. The molecule has 1 N–H and O–H groups in total. The van der Waals surface area contributed by atoms with E-state index in [-0.39, 0.29) is 18.9 Å². The van der Waals surface area contributed by atoms with Crippen molar-refractivity contribution in [3.05, 3.63) is 95.3 Å². The molecule has 31 heavy (non-hydrogen) atoms. The third-order valence-corrected chi connectivity index (χ3v) is 5.45. The highest BCUT2D eigenvalue weighted by molar-refractivity contribution is 5.79. The van der Waals surface area contributed by atoms with Gasteiger partial charge in [0.05, 0.1) is 0 Å². The Bertz CT molecular complexity index is 1070. The third-order valence-electron chi connectivity index (χ3n) is 5.45. The van der Waals surface area contributed by atoms with E-state index in [0.717, 1.165) is 22.3 Å². The molecule has 0 saturated carbocycles. The Morgan fingerprint density at radius 3 is 2.23 bits per heavy atom. The first-order chi connectivity index (χ1) is 15.0. The Kier molecular flexibility index (Phi) is 5.98. The number of carbonyl (C=O) groups is 2. The number of nitrogens with one attached hydrogen (secondary N) is 1. The van der Waals surface area contributed by atoms with Crippen LogP contribution in [-0.4, -0.2) is 24.7 Å². The normalized spacial score (nSPS) is 13.2. The van der Waals surface area contributed by atoms with Gasteiger partial charge in [-0.2, -0.15) is 0 Å². The summed E-state index contributed by atoms with van der Waals surface area (Å²) in [4.78, 5) is 23.6. The average Bonchev–Trinajstić information content (AvgIpc) is 3.06. The van der Waals surface area contributed by atoms with Crippen LogP contribution in [0.25, 0.3) is 11.1 Å². The van der Waals surface area contributed by atoms with Gasteiger partial charge in [0.2, 0.25) is 0 Å². The fourth-order valence-electron chi connectivity index (χ4n) is 4.13. The van der Waals surface area contributed by atoms with E-state index >= 15 is 0 Å². The molecule has 0 bridgehead atoms. The van der Waals surface area contributed by atoms with Crippen LogP contribution in [0.15, 0.2) is 72.8 Å². The highest BCUT2D eigenvalue weighted by Gasteiger charge is 2.29. The third kappa shape index (κ3) is 4.74. The Hall–Kier alpha value is -3.67. The number of hydrogen-bond donors (Lipinski definition) is 1. The molecular weight excluding hydrogens is 397 g/mol. The lowest BCUT2D eigenvalue weighted by Gasteiger charge is -2.20. The first-order valence-electron chi connectivity index (χ1n) is 10.1. The van der Waals surface area contributed by atoms with Gasteiger partial charge >= 0.3 is 6.09 Å². The number of alkyl carbamates (subject to hydrolysis) is 1. The van der Waals surface area contributed by atoms with Gasteiger partial charge < -0.3 is 20.0 Å². The maximum absolute atomic E-state index is 13.4. The SMILES string of the molecule is O=C([O-])C[C@@H](Cc1cccc(F)c1)NC(=O)OCC1c2ccccc2-c2ccccc21. The van der Waals surface area contributed by atoms with Gasteiger partial charge in [-0.15, -0.1) is 0 Å². The molecule has 0 aromatic heterocycles. The minimum atomic E-state index is -1.31. The topological polar surface area (TPSA) is 78.5 Å². The van der Waals surface area contributed by atoms with Crippen molar-refractivity contribution in [2.24, 2.45) is 0 Å². The van der Waals surface area contributed by atoms with Crippen LogP contribution in [0.1, 0.15) is 29.0 Å². The molecular formula is C25H21FNO4-. The van der Waals surface area contributed by atoms with Crippen LogP contribution in [0.4, 0.5) is 9.18 Å². The molecule has 1 amide bonds. The predicted octanol–water partition coefficient (Wildman–Crippen LogP) is 3.42. The number of fused-ring (bicyclic) bond motifs is 3. The Morgan fingerprint density at radius 2 is 1.61 bits per heavy atom. The molecule has 0 aliphatic heterocycles. The molecule has 4 rings (SSSR count). The van der Waals surface area contributed by atoms with Gasteiger partial charge in [-0.25, -0.2) is 9.18 Å². The Morgan fingerprint density at radius 1 is 0.968 bits per heavy atom. The summed E-state index contributed by atoms with van der Waals surface area (Å²) in [6.07, 6.45) is -0.971. The lowest BCUT2D eigenvalue weighted by molar-refractivity contribution is -0.306. The van der Waals surface area contributed by atoms with Crippen LogP contribution < -0.4 is 10.4 Å². The van der Waals surface area contributed by atoms with Gasteiger partial charge in [0.15, 0.2) is 0 Å². The zero-order chi connectivity index (χ0) is 21.8. The van der Waals surface area contributed by atoms with Crippen LogP contribution in [0.3, 0.4) is 0 Å². The predicted molar refractivity (Wildman–Crippen MR) is 112 cm³/mol. The highest BCUT2D eigenvalue weighted by Crippen LogP contribution is 2.44. The molecule has 0 saturated heterocycles. The van der Waals surface area contributed by atoms with Gasteiger partial charge in [0, 0.05) is 24.3 Å². The van der Waals surface area contributed by atoms with Crippen molar-refractivity contribution >= 4 is 12.1 Å². The lowest BCUT2D eigenvalue weighted by Crippen LogP contribution is -2.41. The summed E-state index contributed by atoms with van der Waals surface area (Å²) in [6, 6.07) is 21.0. The Labute approximate surface area is 179 Å². The average molecular weight is 418 g/mol. The van der Waals surface area contributed by atoms with E-state index in [0.29, 0.717) is 5.56 Å². The summed E-state index contributed by atoms with van der Waals surface area (Å²) in [7, 11) is 0. The molecule has 1 atom stereocenters. The minimum Gasteiger partial charge on any atom is -0.550 e. The van der Waals surface area contributed by atoms with E-state index in [4.69, 9.17) is 4.74 Å². The van der Waals surface area contributed by atoms with E-state index in [1.54, 1.807) is 6.07 Å². The molecule has 158 valence electrons. The van der Waals surface area contributed by atoms with Crippen molar-refractivity contribution in [1.82, 2.24) is 5.32 Å². The van der Waals surface area contributed by atoms with E-state index in [2.05, 4.69) is 5.32 Å². The summed E-state index contributed by atoms with van der Waals surface area (Å²) in [5.74, 6) is -1.83. The minimum absolute atomic E-state index is 0.0963. The number of hydrogen-bond acceptors (Lipinski definition) is 4. The van der Waals surface area contributed by atoms with E-state index in [9.17, 15) is 19.1 Å². The van der Waals surface area contributed by atoms with Gasteiger partial charge in [0.1, 0.15) is 12.4 Å². The number of ether oxygens (including phenoxy) is 1. The number of benzene rings is 3. The lowest BCUT2D eigenvalue weighted by atomic mass is 9.98. The number of aliphatic carboxylic acids is 1. The van der Waals surface area contributed by atoms with Crippen molar-refractivity contribution in [3.8, 4) is 11.1 Å². The number of carboxylic acids is 1. The van der Waals surface area contributed by atoms with Crippen LogP contribution in [-0.2, 0) is 16.0 Å². The molecule has 0 heterocycles. The summed E-state index contributed by atoms with van der Waals surface area (Å²) in [5, 5.41) is 13.7. The molecule has 3 aromatic rings. The molecule has 0 unspecified atom stereocenters. The summed E-state index contributed by atoms with van der Waals surface area (Å²) in [5.41, 5.74) is 4.98. The van der Waals surface area contributed by atoms with E-state index < -0.39 is 30.3 Å². The number of amides is 1. The van der Waals surface area contributed by atoms with E-state index in [1.165, 1.54) is 18.2 Å². The van der Waals surface area contributed by atoms with Crippen LogP contribution >= 0.6 is 0 Å². The fraction of sp³-hybridized carbons (Fsp3) is 0.200. The number of halogens is 1. The van der Waals surface area contributed by atoms with Crippen LogP contribution in [0.2, 0.25) is 0 Å². The van der Waals surface area contributed by atoms with Gasteiger partial charge in [0.25, 0.3) is 0 Å². The highest BCUT2D eigenvalue weighted by atomic mass is 19.1. The van der Waals surface area contributed by atoms with E-state index in [1.807, 2.05) is 48.5 Å². The smallest absolute Gasteiger partial charge is 0.407 e. The van der Waals surface area contributed by atoms with Crippen molar-refractivity contribution in [3.63, 3.8) is 0 Å². The maximum Gasteiger partial charge on any atom is 0.407 e. The first kappa shape index (κ1) is 20.6. The fourth-order valence-corrected chi connectivity index (χ4v) is 4.13. The van der Waals surface area contributed by atoms with Crippen LogP contribution in [0, 0.1) is 5.82 Å². The molecule has 1 aliphatic carbocycles. The number of carboxylic acid groups (broad SMARTS) is 1. The molecule has 0 radical (unpaired) electrons. The van der Waals surface area contributed by atoms with Gasteiger partial charge in [-0.3, -0.25) is 0 Å². The van der Waals surface area contributed by atoms with Crippen molar-refractivity contribution in [2.45, 2.75) is 24.8 Å². The quantitative estimate of drug-likeness (QED) is 0.638. The Balaban J connectivity index is 1.43. The molecule has 6 heteroatoms. The van der Waals surface area contributed by atoms with Crippen molar-refractivity contribution in [1.29, 1.82) is 0 Å². The monoisotopic (exact) mass is 418 g/mol. The van der Waals surface area contributed by atoms with Crippen LogP contribution in [0.5, 0.6) is 0 Å². The van der Waals surface area contributed by atoms with Crippen molar-refractivity contribution < 1.29 is 23.8 Å². The molecule has 3 aromatic carbocycles. The number of carbonyl (C=O) groups excluding carboxylic acids is 2. The summed E-state index contributed by atoms with van der Waals surface area (Å²) >= 11 is 0. The largest absolute Gasteiger partial charge is 0.550 e. The van der Waals surface area contributed by atoms with Crippen molar-refractivity contribution in [2.75, 3.05) is 6.61 Å². The molecule has 0 fully saturated rings. The summed E-state index contributed by atoms with van der Waals surface area (Å²) in [6.45, 7) is 0.123. The zero-order valence-electron chi connectivity index (χ0n) is 16.7. The molecule has 5 nitrogen and oxygen atoms in total. The molecule has 0 spiro atoms. The van der Waals surface area contributed by atoms with Gasteiger partial charge in [-0.1, -0.05) is 60.7 Å². The second-order valence-electron chi connectivity index (χ2n) is 7.58. The molecule has 1 aliphatic rings. The maximum atomic E-state index is 13.4. The number of rotatable bonds is 7. The first-order valence-corrected chi connectivity index (χ1v) is 10.1. The zero-order valence-corrected chi connectivity index (χ0v) is 16.7.